The summed E-state index contributed by atoms with van der Waals surface area (Å²) < 4.78 is 11.1. The number of hydrogen-bond donors (Lipinski definition) is 2. The zero-order chi connectivity index (χ0) is 14.8. The van der Waals surface area contributed by atoms with E-state index in [-0.39, 0.29) is 23.5 Å². The maximum atomic E-state index is 12.6. The van der Waals surface area contributed by atoms with Crippen LogP contribution in [0.2, 0.25) is 0 Å². The number of nitrogens with one attached hydrogen (secondary N) is 1. The highest BCUT2D eigenvalue weighted by atomic mass is 16.5. The summed E-state index contributed by atoms with van der Waals surface area (Å²) >= 11 is 0. The van der Waals surface area contributed by atoms with Gasteiger partial charge in [0.25, 0.3) is 0 Å². The molecule has 20 heavy (non-hydrogen) atoms. The van der Waals surface area contributed by atoms with Crippen LogP contribution in [0.25, 0.3) is 0 Å². The fourth-order valence-corrected chi connectivity index (χ4v) is 3.21. The molecule has 2 atom stereocenters. The number of ether oxygens (including phenoxy) is 2. The summed E-state index contributed by atoms with van der Waals surface area (Å²) in [7, 11) is 0. The van der Waals surface area contributed by atoms with Crippen molar-refractivity contribution in [3.63, 3.8) is 0 Å². The van der Waals surface area contributed by atoms with Gasteiger partial charge in [-0.3, -0.25) is 4.79 Å². The summed E-state index contributed by atoms with van der Waals surface area (Å²) in [6, 6.07) is 0.179. The van der Waals surface area contributed by atoms with Crippen molar-refractivity contribution < 1.29 is 14.3 Å². The maximum absolute atomic E-state index is 12.6. The third-order valence-corrected chi connectivity index (χ3v) is 5.17. The van der Waals surface area contributed by atoms with Crippen molar-refractivity contribution >= 4 is 5.91 Å². The predicted octanol–water partition coefficient (Wildman–Crippen LogP) is 1.06. The van der Waals surface area contributed by atoms with Crippen LogP contribution in [-0.4, -0.2) is 44.4 Å². The van der Waals surface area contributed by atoms with E-state index in [9.17, 15) is 4.79 Å². The van der Waals surface area contributed by atoms with Crippen molar-refractivity contribution in [1.29, 1.82) is 0 Å². The van der Waals surface area contributed by atoms with E-state index in [1.807, 2.05) is 6.92 Å². The Morgan fingerprint density at radius 1 is 1.40 bits per heavy atom. The van der Waals surface area contributed by atoms with Crippen molar-refractivity contribution in [2.24, 2.45) is 16.6 Å². The fourth-order valence-electron chi connectivity index (χ4n) is 3.21. The monoisotopic (exact) mass is 284 g/mol. The Labute approximate surface area is 121 Å². The molecule has 2 unspecified atom stereocenters. The molecule has 2 rings (SSSR count). The highest BCUT2D eigenvalue weighted by molar-refractivity contribution is 5.83. The molecule has 116 valence electrons. The zero-order valence-electron chi connectivity index (χ0n) is 12.9. The molecule has 1 amide bonds. The van der Waals surface area contributed by atoms with Crippen molar-refractivity contribution in [1.82, 2.24) is 5.32 Å². The Morgan fingerprint density at radius 3 is 2.55 bits per heavy atom. The Balaban J connectivity index is 1.95. The van der Waals surface area contributed by atoms with Gasteiger partial charge in [-0.1, -0.05) is 13.8 Å². The average Bonchev–Trinajstić information content (AvgIpc) is 2.46. The largest absolute Gasteiger partial charge is 0.381 e. The second-order valence-electron chi connectivity index (χ2n) is 6.62. The molecular weight excluding hydrogens is 256 g/mol. The van der Waals surface area contributed by atoms with Gasteiger partial charge in [0.05, 0.1) is 11.5 Å². The summed E-state index contributed by atoms with van der Waals surface area (Å²) in [6.45, 7) is 8.68. The lowest BCUT2D eigenvalue weighted by Crippen LogP contribution is -2.64. The van der Waals surface area contributed by atoms with Gasteiger partial charge in [-0.2, -0.15) is 0 Å². The molecule has 3 N–H and O–H groups in total. The zero-order valence-corrected chi connectivity index (χ0v) is 12.9. The normalized spacial score (nSPS) is 31.4. The Kier molecular flexibility index (Phi) is 4.72. The maximum Gasteiger partial charge on any atom is 0.227 e. The van der Waals surface area contributed by atoms with Gasteiger partial charge in [-0.15, -0.1) is 0 Å². The van der Waals surface area contributed by atoms with E-state index in [4.69, 9.17) is 15.2 Å². The van der Waals surface area contributed by atoms with E-state index in [1.165, 1.54) is 0 Å². The first kappa shape index (κ1) is 15.7. The van der Waals surface area contributed by atoms with Crippen molar-refractivity contribution in [2.45, 2.75) is 52.2 Å². The minimum atomic E-state index is -0.439. The quantitative estimate of drug-likeness (QED) is 0.792. The lowest BCUT2D eigenvalue weighted by atomic mass is 9.64. The highest BCUT2D eigenvalue weighted by Gasteiger charge is 2.51. The molecule has 5 heteroatoms. The Morgan fingerprint density at radius 2 is 2.05 bits per heavy atom. The van der Waals surface area contributed by atoms with Crippen LogP contribution in [0.5, 0.6) is 0 Å². The molecule has 0 radical (unpaired) electrons. The third kappa shape index (κ3) is 2.71. The molecule has 2 fully saturated rings. The first-order valence-electron chi connectivity index (χ1n) is 7.66. The molecule has 1 heterocycles. The number of nitrogens with two attached hydrogens (primary N) is 1. The summed E-state index contributed by atoms with van der Waals surface area (Å²) in [6.07, 6.45) is 2.57. The first-order valence-corrected chi connectivity index (χ1v) is 7.66. The SMILES string of the molecule is CCOC1CC(NC(=O)C2(CN)CCOCC2)C1(C)C. The highest BCUT2D eigenvalue weighted by Crippen LogP contribution is 2.43. The van der Waals surface area contributed by atoms with Gasteiger partial charge in [0.1, 0.15) is 0 Å². The van der Waals surface area contributed by atoms with Gasteiger partial charge in [0.2, 0.25) is 5.91 Å². The third-order valence-electron chi connectivity index (χ3n) is 5.17. The molecule has 0 aromatic heterocycles. The van der Waals surface area contributed by atoms with Crippen molar-refractivity contribution in [2.75, 3.05) is 26.4 Å². The van der Waals surface area contributed by atoms with Gasteiger partial charge in [0.15, 0.2) is 0 Å². The summed E-state index contributed by atoms with van der Waals surface area (Å²) in [5.74, 6) is 0.0938. The Bertz CT molecular complexity index is 351. The van der Waals surface area contributed by atoms with Crippen molar-refractivity contribution in [3.05, 3.63) is 0 Å². The second kappa shape index (κ2) is 6.00. The van der Waals surface area contributed by atoms with E-state index in [2.05, 4.69) is 19.2 Å². The molecule has 1 aliphatic carbocycles. The molecule has 5 nitrogen and oxygen atoms in total. The fraction of sp³-hybridized carbons (Fsp3) is 0.933. The van der Waals surface area contributed by atoms with Gasteiger partial charge in [-0.05, 0) is 26.2 Å². The van der Waals surface area contributed by atoms with Crippen LogP contribution in [0.3, 0.4) is 0 Å². The van der Waals surface area contributed by atoms with Gasteiger partial charge in [-0.25, -0.2) is 0 Å². The van der Waals surface area contributed by atoms with Crippen LogP contribution in [0.4, 0.5) is 0 Å². The summed E-state index contributed by atoms with van der Waals surface area (Å²) in [5.41, 5.74) is 5.43. The molecule has 1 saturated heterocycles. The van der Waals surface area contributed by atoms with E-state index in [0.29, 0.717) is 19.8 Å². The number of carbonyl (C=O) groups is 1. The van der Waals surface area contributed by atoms with E-state index < -0.39 is 5.41 Å². The van der Waals surface area contributed by atoms with E-state index in [1.54, 1.807) is 0 Å². The topological polar surface area (TPSA) is 73.6 Å². The number of amides is 1. The lowest BCUT2D eigenvalue weighted by molar-refractivity contribution is -0.148. The molecule has 0 aromatic rings. The molecule has 0 bridgehead atoms. The number of carbonyl (C=O) groups excluding carboxylic acids is 1. The van der Waals surface area contributed by atoms with E-state index >= 15 is 0 Å². The standard InChI is InChI=1S/C15H28N2O3/c1-4-20-12-9-11(14(12,2)3)17-13(18)15(10-16)5-7-19-8-6-15/h11-12H,4-10,16H2,1-3H3,(H,17,18). The Hall–Kier alpha value is -0.650. The second-order valence-corrected chi connectivity index (χ2v) is 6.62. The number of hydrogen-bond acceptors (Lipinski definition) is 4. The van der Waals surface area contributed by atoms with Crippen molar-refractivity contribution in [3.8, 4) is 0 Å². The first-order chi connectivity index (χ1) is 9.46. The van der Waals surface area contributed by atoms with Gasteiger partial charge in [0, 0.05) is 37.8 Å². The lowest BCUT2D eigenvalue weighted by Gasteiger charge is -2.52. The van der Waals surface area contributed by atoms with Crippen LogP contribution >= 0.6 is 0 Å². The molecule has 1 saturated carbocycles. The van der Waals surface area contributed by atoms with Gasteiger partial charge < -0.3 is 20.5 Å². The molecule has 0 spiro atoms. The molecule has 0 aromatic carbocycles. The van der Waals surface area contributed by atoms with E-state index in [0.717, 1.165) is 25.9 Å². The van der Waals surface area contributed by atoms with Crippen LogP contribution < -0.4 is 11.1 Å². The minimum absolute atomic E-state index is 0.00732. The molecule has 1 aliphatic heterocycles. The number of rotatable bonds is 5. The predicted molar refractivity (Wildman–Crippen MR) is 77.3 cm³/mol. The van der Waals surface area contributed by atoms with Gasteiger partial charge >= 0.3 is 0 Å². The average molecular weight is 284 g/mol. The van der Waals surface area contributed by atoms with Crippen LogP contribution in [0.15, 0.2) is 0 Å². The summed E-state index contributed by atoms with van der Waals surface area (Å²) in [5, 5.41) is 3.20. The summed E-state index contributed by atoms with van der Waals surface area (Å²) in [4.78, 5) is 12.6. The molecular formula is C15H28N2O3. The smallest absolute Gasteiger partial charge is 0.227 e. The molecule has 2 aliphatic rings. The minimum Gasteiger partial charge on any atom is -0.381 e. The van der Waals surface area contributed by atoms with Crippen LogP contribution in [-0.2, 0) is 14.3 Å². The van der Waals surface area contributed by atoms with Crippen LogP contribution in [0.1, 0.15) is 40.0 Å². The van der Waals surface area contributed by atoms with Crippen LogP contribution in [0, 0.1) is 10.8 Å².